The lowest BCUT2D eigenvalue weighted by atomic mass is 10.0. The average molecular weight is 245 g/mol. The second kappa shape index (κ2) is 5.78. The van der Waals surface area contributed by atoms with Gasteiger partial charge in [-0.1, -0.05) is 18.2 Å². The molecule has 4 nitrogen and oxygen atoms in total. The maximum absolute atomic E-state index is 5.60. The zero-order valence-corrected chi connectivity index (χ0v) is 11.2. The zero-order valence-electron chi connectivity index (χ0n) is 11.2. The van der Waals surface area contributed by atoms with Crippen LogP contribution in [-0.2, 0) is 12.8 Å². The summed E-state index contributed by atoms with van der Waals surface area (Å²) >= 11 is 0. The molecule has 0 amide bonds. The predicted molar refractivity (Wildman–Crippen MR) is 70.7 cm³/mol. The molecule has 1 aromatic carbocycles. The molecular weight excluding hydrogens is 226 g/mol. The first-order valence-electron chi connectivity index (χ1n) is 6.21. The van der Waals surface area contributed by atoms with Gasteiger partial charge in [0.05, 0.1) is 6.42 Å². The molecule has 0 aliphatic carbocycles. The molecule has 0 radical (unpaired) electrons. The minimum Gasteiger partial charge on any atom is -0.425 e. The Labute approximate surface area is 107 Å². The van der Waals surface area contributed by atoms with Gasteiger partial charge in [-0.2, -0.15) is 0 Å². The van der Waals surface area contributed by atoms with Crippen molar-refractivity contribution in [3.8, 4) is 0 Å². The standard InChI is InChI=1S/C14H19N3O/c1-10-4-5-12(8-11(10)2)9-14-17-16-13(18-14)6-7-15-3/h4-5,8,15H,6-7,9H2,1-3H3. The number of benzene rings is 1. The summed E-state index contributed by atoms with van der Waals surface area (Å²) in [5.74, 6) is 1.38. The van der Waals surface area contributed by atoms with Gasteiger partial charge in [0.25, 0.3) is 0 Å². The van der Waals surface area contributed by atoms with Gasteiger partial charge < -0.3 is 9.73 Å². The first-order valence-corrected chi connectivity index (χ1v) is 6.21. The smallest absolute Gasteiger partial charge is 0.220 e. The van der Waals surface area contributed by atoms with Crippen molar-refractivity contribution < 1.29 is 4.42 Å². The number of aryl methyl sites for hydroxylation is 2. The Balaban J connectivity index is 2.04. The normalized spacial score (nSPS) is 10.8. The highest BCUT2D eigenvalue weighted by Crippen LogP contribution is 2.13. The van der Waals surface area contributed by atoms with E-state index in [1.54, 1.807) is 0 Å². The molecule has 0 saturated carbocycles. The molecule has 0 atom stereocenters. The third-order valence-electron chi connectivity index (χ3n) is 3.02. The van der Waals surface area contributed by atoms with Crippen molar-refractivity contribution in [3.05, 3.63) is 46.7 Å². The van der Waals surface area contributed by atoms with Crippen molar-refractivity contribution in [2.24, 2.45) is 0 Å². The maximum Gasteiger partial charge on any atom is 0.220 e. The van der Waals surface area contributed by atoms with Crippen LogP contribution >= 0.6 is 0 Å². The van der Waals surface area contributed by atoms with Gasteiger partial charge >= 0.3 is 0 Å². The van der Waals surface area contributed by atoms with Gasteiger partial charge in [0.1, 0.15) is 0 Å². The Morgan fingerprint density at radius 3 is 2.61 bits per heavy atom. The molecule has 96 valence electrons. The van der Waals surface area contributed by atoms with Crippen LogP contribution < -0.4 is 5.32 Å². The highest BCUT2D eigenvalue weighted by molar-refractivity contribution is 5.31. The topological polar surface area (TPSA) is 51.0 Å². The van der Waals surface area contributed by atoms with E-state index in [0.717, 1.165) is 13.0 Å². The van der Waals surface area contributed by atoms with Crippen molar-refractivity contribution >= 4 is 0 Å². The summed E-state index contributed by atoms with van der Waals surface area (Å²) in [5.41, 5.74) is 3.81. The van der Waals surface area contributed by atoms with Crippen LogP contribution in [-0.4, -0.2) is 23.8 Å². The van der Waals surface area contributed by atoms with Gasteiger partial charge in [0, 0.05) is 13.0 Å². The van der Waals surface area contributed by atoms with E-state index in [4.69, 9.17) is 4.42 Å². The number of nitrogens with zero attached hydrogens (tertiary/aromatic N) is 2. The minimum absolute atomic E-state index is 0.685. The summed E-state index contributed by atoms with van der Waals surface area (Å²) in [5, 5.41) is 11.2. The van der Waals surface area contributed by atoms with Gasteiger partial charge in [-0.05, 0) is 37.6 Å². The first kappa shape index (κ1) is 12.8. The molecule has 0 unspecified atom stereocenters. The van der Waals surface area contributed by atoms with Gasteiger partial charge in [-0.15, -0.1) is 10.2 Å². The monoisotopic (exact) mass is 245 g/mol. The largest absolute Gasteiger partial charge is 0.425 e. The molecule has 1 heterocycles. The quantitative estimate of drug-likeness (QED) is 0.875. The molecule has 1 aromatic heterocycles. The summed E-state index contributed by atoms with van der Waals surface area (Å²) in [4.78, 5) is 0. The van der Waals surface area contributed by atoms with Crippen LogP contribution in [0.15, 0.2) is 22.6 Å². The van der Waals surface area contributed by atoms with Crippen molar-refractivity contribution in [1.82, 2.24) is 15.5 Å². The molecule has 0 aliphatic rings. The summed E-state index contributed by atoms with van der Waals surface area (Å²) < 4.78 is 5.60. The Morgan fingerprint density at radius 1 is 1.11 bits per heavy atom. The first-order chi connectivity index (χ1) is 8.69. The van der Waals surface area contributed by atoms with Crippen LogP contribution in [0.5, 0.6) is 0 Å². The lowest BCUT2D eigenvalue weighted by Crippen LogP contribution is -2.10. The highest BCUT2D eigenvalue weighted by Gasteiger charge is 2.07. The van der Waals surface area contributed by atoms with Crippen LogP contribution in [0.25, 0.3) is 0 Å². The van der Waals surface area contributed by atoms with E-state index in [0.29, 0.717) is 18.2 Å². The predicted octanol–water partition coefficient (Wildman–Crippen LogP) is 2.04. The van der Waals surface area contributed by atoms with Crippen LogP contribution in [0.4, 0.5) is 0 Å². The van der Waals surface area contributed by atoms with Crippen molar-refractivity contribution in [2.75, 3.05) is 13.6 Å². The molecule has 2 aromatic rings. The number of hydrogen-bond acceptors (Lipinski definition) is 4. The van der Waals surface area contributed by atoms with E-state index in [9.17, 15) is 0 Å². The number of rotatable bonds is 5. The summed E-state index contributed by atoms with van der Waals surface area (Å²) in [6, 6.07) is 6.41. The fourth-order valence-electron chi connectivity index (χ4n) is 1.78. The Bertz CT molecular complexity index is 520. The van der Waals surface area contributed by atoms with Crippen LogP contribution in [0.2, 0.25) is 0 Å². The number of nitrogens with one attached hydrogen (secondary N) is 1. The molecule has 18 heavy (non-hydrogen) atoms. The van der Waals surface area contributed by atoms with E-state index >= 15 is 0 Å². The summed E-state index contributed by atoms with van der Waals surface area (Å²) in [6.45, 7) is 5.08. The lowest BCUT2D eigenvalue weighted by Gasteiger charge is -2.02. The maximum atomic E-state index is 5.60. The molecule has 0 aliphatic heterocycles. The third-order valence-corrected chi connectivity index (χ3v) is 3.02. The van der Waals surface area contributed by atoms with E-state index in [1.807, 2.05) is 7.05 Å². The van der Waals surface area contributed by atoms with Gasteiger partial charge in [-0.3, -0.25) is 0 Å². The van der Waals surface area contributed by atoms with Crippen molar-refractivity contribution in [2.45, 2.75) is 26.7 Å². The Hall–Kier alpha value is -1.68. The second-order valence-electron chi connectivity index (χ2n) is 4.54. The molecule has 0 bridgehead atoms. The minimum atomic E-state index is 0.685. The second-order valence-corrected chi connectivity index (χ2v) is 4.54. The molecule has 4 heteroatoms. The molecule has 2 rings (SSSR count). The van der Waals surface area contributed by atoms with Gasteiger partial charge in [-0.25, -0.2) is 0 Å². The molecule has 0 fully saturated rings. The van der Waals surface area contributed by atoms with Crippen molar-refractivity contribution in [1.29, 1.82) is 0 Å². The summed E-state index contributed by atoms with van der Waals surface area (Å²) in [6.07, 6.45) is 1.48. The van der Waals surface area contributed by atoms with Crippen LogP contribution in [0, 0.1) is 13.8 Å². The third kappa shape index (κ3) is 3.17. The molecular formula is C14H19N3O. The fourth-order valence-corrected chi connectivity index (χ4v) is 1.78. The number of likely N-dealkylation sites (N-methyl/N-ethyl adjacent to an activating group) is 1. The van der Waals surface area contributed by atoms with Gasteiger partial charge in [0.15, 0.2) is 0 Å². The van der Waals surface area contributed by atoms with Gasteiger partial charge in [0.2, 0.25) is 11.8 Å². The van der Waals surface area contributed by atoms with E-state index in [1.165, 1.54) is 16.7 Å². The fraction of sp³-hybridized carbons (Fsp3) is 0.429. The van der Waals surface area contributed by atoms with Crippen LogP contribution in [0.3, 0.4) is 0 Å². The van der Waals surface area contributed by atoms with Crippen molar-refractivity contribution in [3.63, 3.8) is 0 Å². The number of hydrogen-bond donors (Lipinski definition) is 1. The highest BCUT2D eigenvalue weighted by atomic mass is 16.4. The molecule has 1 N–H and O–H groups in total. The average Bonchev–Trinajstić information content (AvgIpc) is 2.79. The number of aromatic nitrogens is 2. The summed E-state index contributed by atoms with van der Waals surface area (Å²) in [7, 11) is 1.91. The molecule has 0 saturated heterocycles. The zero-order chi connectivity index (χ0) is 13.0. The molecule has 0 spiro atoms. The lowest BCUT2D eigenvalue weighted by molar-refractivity contribution is 0.454. The SMILES string of the molecule is CNCCc1nnc(Cc2ccc(C)c(C)c2)o1. The Morgan fingerprint density at radius 2 is 1.89 bits per heavy atom. The Kier molecular flexibility index (Phi) is 4.10. The van der Waals surface area contributed by atoms with E-state index in [2.05, 4.69) is 47.6 Å². The van der Waals surface area contributed by atoms with E-state index < -0.39 is 0 Å². The van der Waals surface area contributed by atoms with E-state index in [-0.39, 0.29) is 0 Å². The van der Waals surface area contributed by atoms with Crippen LogP contribution in [0.1, 0.15) is 28.5 Å².